The number of aryl methyl sites for hydroxylation is 1. The third-order valence-corrected chi connectivity index (χ3v) is 8.72. The van der Waals surface area contributed by atoms with E-state index in [0.29, 0.717) is 12.5 Å². The molecule has 1 atom stereocenters. The molecule has 2 amide bonds. The molecule has 1 aromatic carbocycles. The van der Waals surface area contributed by atoms with E-state index >= 15 is 0 Å². The summed E-state index contributed by atoms with van der Waals surface area (Å²) >= 11 is 0. The molecule has 4 saturated heterocycles. The second-order valence-corrected chi connectivity index (χ2v) is 10.9. The Morgan fingerprint density at radius 2 is 1.64 bits per heavy atom. The number of piperidine rings is 2. The summed E-state index contributed by atoms with van der Waals surface area (Å²) in [6.45, 7) is 9.87. The van der Waals surface area contributed by atoms with Crippen LogP contribution in [0, 0.1) is 0 Å². The second kappa shape index (κ2) is 9.74. The van der Waals surface area contributed by atoms with E-state index in [1.165, 1.54) is 39.0 Å². The Morgan fingerprint density at radius 1 is 0.917 bits per heavy atom. The van der Waals surface area contributed by atoms with Crippen molar-refractivity contribution in [2.45, 2.75) is 50.4 Å². The van der Waals surface area contributed by atoms with Crippen LogP contribution in [0.15, 0.2) is 23.0 Å². The number of amides is 2. The molecule has 0 spiro atoms. The number of nitrogens with zero attached hydrogens (tertiary/aromatic N) is 5. The van der Waals surface area contributed by atoms with Crippen molar-refractivity contribution < 1.29 is 9.59 Å². The normalized spacial score (nSPS) is 25.9. The molecule has 36 heavy (non-hydrogen) atoms. The number of carbonyl (C=O) groups is 2. The molecule has 2 N–H and O–H groups in total. The van der Waals surface area contributed by atoms with Gasteiger partial charge in [-0.2, -0.15) is 0 Å². The number of fused-ring (bicyclic) bond motifs is 1. The van der Waals surface area contributed by atoms with Gasteiger partial charge in [0.15, 0.2) is 0 Å². The van der Waals surface area contributed by atoms with Crippen molar-refractivity contribution in [2.24, 2.45) is 7.05 Å². The zero-order valence-electron chi connectivity index (χ0n) is 21.1. The summed E-state index contributed by atoms with van der Waals surface area (Å²) in [4.78, 5) is 45.1. The lowest BCUT2D eigenvalue weighted by molar-refractivity contribution is -0.135. The van der Waals surface area contributed by atoms with E-state index in [2.05, 4.69) is 31.4 Å². The molecule has 0 radical (unpaired) electrons. The Bertz CT molecular complexity index is 1200. The Labute approximate surface area is 211 Å². The minimum absolute atomic E-state index is 0.208. The number of carbonyl (C=O) groups excluding carboxylic acids is 2. The van der Waals surface area contributed by atoms with Gasteiger partial charge in [0, 0.05) is 84.5 Å². The van der Waals surface area contributed by atoms with Crippen LogP contribution in [-0.4, -0.2) is 100 Å². The van der Waals surface area contributed by atoms with Crippen LogP contribution < -0.4 is 16.3 Å². The average molecular weight is 496 g/mol. The number of para-hydroxylation sites is 1. The number of likely N-dealkylation sites (tertiary alicyclic amines) is 2. The molecule has 4 fully saturated rings. The lowest BCUT2D eigenvalue weighted by atomic mass is 9.97. The van der Waals surface area contributed by atoms with E-state index in [4.69, 9.17) is 0 Å². The highest BCUT2D eigenvalue weighted by molar-refractivity contribution is 6.00. The van der Waals surface area contributed by atoms with E-state index < -0.39 is 11.9 Å². The van der Waals surface area contributed by atoms with Gasteiger partial charge in [0.25, 0.3) is 0 Å². The van der Waals surface area contributed by atoms with Gasteiger partial charge in [-0.25, -0.2) is 4.79 Å². The topological polar surface area (TPSA) is 94.8 Å². The molecule has 5 heterocycles. The maximum Gasteiger partial charge on any atom is 0.329 e. The zero-order valence-corrected chi connectivity index (χ0v) is 21.1. The summed E-state index contributed by atoms with van der Waals surface area (Å²) in [7, 11) is 1.78. The molecule has 10 nitrogen and oxygen atoms in total. The number of aromatic nitrogens is 2. The van der Waals surface area contributed by atoms with Gasteiger partial charge in [-0.05, 0) is 30.9 Å². The van der Waals surface area contributed by atoms with Crippen molar-refractivity contribution in [1.29, 1.82) is 0 Å². The molecule has 0 aliphatic carbocycles. The van der Waals surface area contributed by atoms with E-state index in [0.717, 1.165) is 55.4 Å². The van der Waals surface area contributed by atoms with Gasteiger partial charge in [-0.3, -0.25) is 38.7 Å². The Hall–Kier alpha value is -2.53. The largest absolute Gasteiger partial charge is 0.329 e. The molecule has 4 aliphatic rings. The minimum Gasteiger partial charge on any atom is -0.314 e. The van der Waals surface area contributed by atoms with Gasteiger partial charge >= 0.3 is 5.69 Å². The number of imidazole rings is 1. The number of benzene rings is 1. The summed E-state index contributed by atoms with van der Waals surface area (Å²) in [5.74, 6) is -0.664. The molecule has 194 valence electrons. The summed E-state index contributed by atoms with van der Waals surface area (Å²) in [6, 6.07) is 6.68. The predicted octanol–water partition coefficient (Wildman–Crippen LogP) is -0.128. The number of rotatable bonds is 5. The van der Waals surface area contributed by atoms with Gasteiger partial charge < -0.3 is 5.32 Å². The van der Waals surface area contributed by atoms with Crippen molar-refractivity contribution in [3.63, 3.8) is 0 Å². The summed E-state index contributed by atoms with van der Waals surface area (Å²) in [6.07, 6.45) is 3.14. The first-order valence-corrected chi connectivity index (χ1v) is 13.4. The number of imide groups is 1. The van der Waals surface area contributed by atoms with Crippen LogP contribution in [0.25, 0.3) is 11.0 Å². The van der Waals surface area contributed by atoms with Crippen LogP contribution >= 0.6 is 0 Å². The SMILES string of the molecule is Cn1c(=O)n(C2CCC(=O)NC2=O)c2cccc(CN3CC(N4CCC(N5CCNCC5)CC4)C3)c21. The molecule has 0 bridgehead atoms. The van der Waals surface area contributed by atoms with Gasteiger partial charge in [-0.15, -0.1) is 0 Å². The molecule has 0 saturated carbocycles. The number of nitrogens with one attached hydrogen (secondary N) is 2. The van der Waals surface area contributed by atoms with E-state index in [1.807, 2.05) is 12.1 Å². The van der Waals surface area contributed by atoms with Crippen molar-refractivity contribution in [3.05, 3.63) is 34.2 Å². The summed E-state index contributed by atoms with van der Waals surface area (Å²) in [5.41, 5.74) is 2.55. The highest BCUT2D eigenvalue weighted by Crippen LogP contribution is 2.28. The molecular formula is C26H37N7O3. The Morgan fingerprint density at radius 3 is 2.36 bits per heavy atom. The highest BCUT2D eigenvalue weighted by atomic mass is 16.2. The predicted molar refractivity (Wildman–Crippen MR) is 137 cm³/mol. The first-order chi connectivity index (χ1) is 17.5. The van der Waals surface area contributed by atoms with Gasteiger partial charge in [0.05, 0.1) is 11.0 Å². The smallest absolute Gasteiger partial charge is 0.314 e. The average Bonchev–Trinajstić information content (AvgIpc) is 3.12. The van der Waals surface area contributed by atoms with Gasteiger partial charge in [0.2, 0.25) is 11.8 Å². The molecule has 2 aromatic rings. The second-order valence-electron chi connectivity index (χ2n) is 10.9. The zero-order chi connectivity index (χ0) is 24.8. The van der Waals surface area contributed by atoms with Crippen LogP contribution in [0.3, 0.4) is 0 Å². The quantitative estimate of drug-likeness (QED) is 0.558. The Balaban J connectivity index is 1.10. The van der Waals surface area contributed by atoms with Crippen LogP contribution in [0.5, 0.6) is 0 Å². The van der Waals surface area contributed by atoms with E-state index in [-0.39, 0.29) is 18.0 Å². The van der Waals surface area contributed by atoms with Crippen molar-refractivity contribution in [1.82, 2.24) is 34.5 Å². The number of piperazine rings is 1. The first kappa shape index (κ1) is 23.8. The van der Waals surface area contributed by atoms with Gasteiger partial charge in [-0.1, -0.05) is 12.1 Å². The van der Waals surface area contributed by atoms with E-state index in [9.17, 15) is 14.4 Å². The minimum atomic E-state index is -0.647. The van der Waals surface area contributed by atoms with Gasteiger partial charge in [0.1, 0.15) is 6.04 Å². The molecule has 6 rings (SSSR count). The van der Waals surface area contributed by atoms with Crippen molar-refractivity contribution in [2.75, 3.05) is 52.4 Å². The van der Waals surface area contributed by atoms with Crippen LogP contribution in [0.1, 0.15) is 37.3 Å². The van der Waals surface area contributed by atoms with Crippen LogP contribution in [-0.2, 0) is 23.2 Å². The maximum atomic E-state index is 13.2. The fourth-order valence-electron chi connectivity index (χ4n) is 6.68. The molecule has 10 heteroatoms. The lowest BCUT2D eigenvalue weighted by Crippen LogP contribution is -2.61. The number of hydrogen-bond donors (Lipinski definition) is 2. The third kappa shape index (κ3) is 4.30. The fourth-order valence-corrected chi connectivity index (χ4v) is 6.68. The Kier molecular flexibility index (Phi) is 6.45. The number of hydrogen-bond acceptors (Lipinski definition) is 7. The summed E-state index contributed by atoms with van der Waals surface area (Å²) < 4.78 is 3.23. The fraction of sp³-hybridized carbons (Fsp3) is 0.654. The third-order valence-electron chi connectivity index (χ3n) is 8.72. The summed E-state index contributed by atoms with van der Waals surface area (Å²) in [5, 5.41) is 5.84. The highest BCUT2D eigenvalue weighted by Gasteiger charge is 2.36. The molecular weight excluding hydrogens is 458 g/mol. The maximum absolute atomic E-state index is 13.2. The molecule has 4 aliphatic heterocycles. The molecule has 1 aromatic heterocycles. The van der Waals surface area contributed by atoms with Crippen molar-refractivity contribution in [3.8, 4) is 0 Å². The monoisotopic (exact) mass is 495 g/mol. The van der Waals surface area contributed by atoms with Crippen LogP contribution in [0.2, 0.25) is 0 Å². The van der Waals surface area contributed by atoms with Crippen molar-refractivity contribution >= 4 is 22.8 Å². The standard InChI is InChI=1S/C26H37N7O3/c1-29-24-18(3-2-4-21(24)33(26(29)36)22-5-6-23(34)28-25(22)35)15-30-16-20(17-30)31-11-7-19(8-12-31)32-13-9-27-10-14-32/h2-4,19-20,22,27H,5-17H2,1H3,(H,28,34,35). The van der Waals surface area contributed by atoms with E-state index in [1.54, 1.807) is 16.2 Å². The van der Waals surface area contributed by atoms with Crippen LogP contribution in [0.4, 0.5) is 0 Å². The first-order valence-electron chi connectivity index (χ1n) is 13.4. The lowest BCUT2D eigenvalue weighted by Gasteiger charge is -2.49. The molecule has 1 unspecified atom stereocenters.